The van der Waals surface area contributed by atoms with Gasteiger partial charge in [0.2, 0.25) is 5.91 Å². The Hall–Kier alpha value is -2.37. The molecule has 0 aliphatic heterocycles. The maximum Gasteiger partial charge on any atom is 0.338 e. The summed E-state index contributed by atoms with van der Waals surface area (Å²) in [5.41, 5.74) is 0.274. The second-order valence-corrected chi connectivity index (χ2v) is 8.30. The lowest BCUT2D eigenvalue weighted by molar-refractivity contribution is -0.125. The van der Waals surface area contributed by atoms with Crippen LogP contribution in [0.15, 0.2) is 24.3 Å². The van der Waals surface area contributed by atoms with Gasteiger partial charge in [0.1, 0.15) is 0 Å². The number of carbonyl (C=O) groups excluding carboxylic acids is 3. The molecule has 2 unspecified atom stereocenters. The average Bonchev–Trinajstić information content (AvgIpc) is 2.61. The lowest BCUT2D eigenvalue weighted by Gasteiger charge is -2.29. The van der Waals surface area contributed by atoms with Crippen LogP contribution in [0.4, 0.5) is 5.69 Å². The van der Waals surface area contributed by atoms with Gasteiger partial charge in [0.05, 0.1) is 5.56 Å². The molecule has 2 amide bonds. The first-order valence-corrected chi connectivity index (χ1v) is 9.55. The monoisotopic (exact) mass is 374 g/mol. The zero-order valence-corrected chi connectivity index (χ0v) is 16.6. The molecule has 6 heteroatoms. The third kappa shape index (κ3) is 6.38. The van der Waals surface area contributed by atoms with Gasteiger partial charge in [-0.15, -0.1) is 0 Å². The van der Waals surface area contributed by atoms with Crippen LogP contribution in [0.1, 0.15) is 63.7 Å². The summed E-state index contributed by atoms with van der Waals surface area (Å²) in [4.78, 5) is 36.4. The molecule has 0 heterocycles. The maximum absolute atomic E-state index is 12.2. The Labute approximate surface area is 161 Å². The summed E-state index contributed by atoms with van der Waals surface area (Å²) < 4.78 is 5.13. The van der Waals surface area contributed by atoms with Gasteiger partial charge in [0.15, 0.2) is 6.61 Å². The Morgan fingerprint density at radius 2 is 1.85 bits per heavy atom. The first-order valence-electron chi connectivity index (χ1n) is 9.55. The maximum atomic E-state index is 12.2. The fourth-order valence-corrected chi connectivity index (χ4v) is 3.04. The molecule has 0 spiro atoms. The molecule has 0 aromatic heterocycles. The van der Waals surface area contributed by atoms with Crippen molar-refractivity contribution >= 4 is 23.5 Å². The zero-order valence-electron chi connectivity index (χ0n) is 16.6. The number of amides is 2. The SMILES string of the molecule is CC1CCCCC1NC(=O)COC(=O)c1cccc(NC(=O)C(C)(C)C)c1. The predicted octanol–water partition coefficient (Wildman–Crippen LogP) is 3.52. The van der Waals surface area contributed by atoms with E-state index in [1.54, 1.807) is 24.3 Å². The van der Waals surface area contributed by atoms with Crippen LogP contribution in [0.2, 0.25) is 0 Å². The smallest absolute Gasteiger partial charge is 0.338 e. The fourth-order valence-electron chi connectivity index (χ4n) is 3.04. The highest BCUT2D eigenvalue weighted by molar-refractivity contribution is 5.97. The molecule has 27 heavy (non-hydrogen) atoms. The molecular weight excluding hydrogens is 344 g/mol. The minimum absolute atomic E-state index is 0.144. The number of hydrogen-bond donors (Lipinski definition) is 2. The van der Waals surface area contributed by atoms with E-state index in [9.17, 15) is 14.4 Å². The van der Waals surface area contributed by atoms with E-state index in [0.29, 0.717) is 17.2 Å². The van der Waals surface area contributed by atoms with Gasteiger partial charge in [-0.1, -0.05) is 46.6 Å². The van der Waals surface area contributed by atoms with Crippen molar-refractivity contribution in [2.24, 2.45) is 11.3 Å². The molecule has 148 valence electrons. The molecule has 1 saturated carbocycles. The molecule has 2 N–H and O–H groups in total. The molecule has 0 saturated heterocycles. The van der Waals surface area contributed by atoms with Gasteiger partial charge < -0.3 is 15.4 Å². The van der Waals surface area contributed by atoms with Crippen molar-refractivity contribution in [2.75, 3.05) is 11.9 Å². The normalized spacial score (nSPS) is 19.9. The summed E-state index contributed by atoms with van der Waals surface area (Å²) in [6.45, 7) is 7.26. The van der Waals surface area contributed by atoms with Gasteiger partial charge >= 0.3 is 5.97 Å². The number of hydrogen-bond acceptors (Lipinski definition) is 4. The topological polar surface area (TPSA) is 84.5 Å². The lowest BCUT2D eigenvalue weighted by Crippen LogP contribution is -2.42. The number of nitrogens with one attached hydrogen (secondary N) is 2. The van der Waals surface area contributed by atoms with Gasteiger partial charge in [-0.05, 0) is 37.0 Å². The van der Waals surface area contributed by atoms with Crippen molar-refractivity contribution in [1.82, 2.24) is 5.32 Å². The Bertz CT molecular complexity index is 694. The predicted molar refractivity (Wildman–Crippen MR) is 104 cm³/mol. The first-order chi connectivity index (χ1) is 12.7. The van der Waals surface area contributed by atoms with E-state index in [1.807, 2.05) is 20.8 Å². The Balaban J connectivity index is 1.87. The largest absolute Gasteiger partial charge is 0.452 e. The van der Waals surface area contributed by atoms with E-state index in [0.717, 1.165) is 19.3 Å². The van der Waals surface area contributed by atoms with Crippen molar-refractivity contribution in [3.05, 3.63) is 29.8 Å². The standard InChI is InChI=1S/C21H30N2O4/c1-14-8-5-6-11-17(14)23-18(24)13-27-19(25)15-9-7-10-16(12-15)22-20(26)21(2,3)4/h7,9-10,12,14,17H,5-6,8,11,13H2,1-4H3,(H,22,26)(H,23,24). The molecule has 1 aromatic rings. The third-order valence-electron chi connectivity index (χ3n) is 4.83. The number of esters is 1. The van der Waals surface area contributed by atoms with E-state index in [2.05, 4.69) is 17.6 Å². The van der Waals surface area contributed by atoms with Crippen LogP contribution < -0.4 is 10.6 Å². The minimum Gasteiger partial charge on any atom is -0.452 e. The highest BCUT2D eigenvalue weighted by Crippen LogP contribution is 2.23. The van der Waals surface area contributed by atoms with Crippen LogP contribution in [0.25, 0.3) is 0 Å². The van der Waals surface area contributed by atoms with Crippen molar-refractivity contribution in [3.8, 4) is 0 Å². The van der Waals surface area contributed by atoms with Gasteiger partial charge in [-0.2, -0.15) is 0 Å². The summed E-state index contributed by atoms with van der Waals surface area (Å²) in [6.07, 6.45) is 4.39. The van der Waals surface area contributed by atoms with Crippen molar-refractivity contribution < 1.29 is 19.1 Å². The molecule has 2 rings (SSSR count). The molecule has 1 aliphatic carbocycles. The molecule has 6 nitrogen and oxygen atoms in total. The van der Waals surface area contributed by atoms with E-state index in [-0.39, 0.29) is 24.5 Å². The Kier molecular flexibility index (Phi) is 6.99. The van der Waals surface area contributed by atoms with E-state index < -0.39 is 11.4 Å². The Morgan fingerprint density at radius 3 is 2.52 bits per heavy atom. The van der Waals surface area contributed by atoms with E-state index >= 15 is 0 Å². The molecule has 0 bridgehead atoms. The summed E-state index contributed by atoms with van der Waals surface area (Å²) >= 11 is 0. The highest BCUT2D eigenvalue weighted by atomic mass is 16.5. The molecule has 2 atom stereocenters. The Morgan fingerprint density at radius 1 is 1.15 bits per heavy atom. The quantitative estimate of drug-likeness (QED) is 0.772. The van der Waals surface area contributed by atoms with Gasteiger partial charge in [-0.25, -0.2) is 4.79 Å². The average molecular weight is 374 g/mol. The van der Waals surface area contributed by atoms with Crippen molar-refractivity contribution in [2.45, 2.75) is 59.4 Å². The second-order valence-electron chi connectivity index (χ2n) is 8.30. The van der Waals surface area contributed by atoms with E-state index in [1.165, 1.54) is 6.42 Å². The van der Waals surface area contributed by atoms with Crippen molar-refractivity contribution in [1.29, 1.82) is 0 Å². The number of anilines is 1. The van der Waals surface area contributed by atoms with Crippen LogP contribution in [-0.4, -0.2) is 30.4 Å². The fraction of sp³-hybridized carbons (Fsp3) is 0.571. The van der Waals surface area contributed by atoms with Gasteiger partial charge in [0.25, 0.3) is 5.91 Å². The zero-order chi connectivity index (χ0) is 20.0. The highest BCUT2D eigenvalue weighted by Gasteiger charge is 2.24. The third-order valence-corrected chi connectivity index (χ3v) is 4.83. The number of ether oxygens (including phenoxy) is 1. The second kappa shape index (κ2) is 9.02. The van der Waals surface area contributed by atoms with Crippen molar-refractivity contribution in [3.63, 3.8) is 0 Å². The molecule has 1 aliphatic rings. The van der Waals surface area contributed by atoms with Crippen LogP contribution in [0.5, 0.6) is 0 Å². The summed E-state index contributed by atoms with van der Waals surface area (Å²) in [7, 11) is 0. The number of benzene rings is 1. The summed E-state index contributed by atoms with van der Waals surface area (Å²) in [5.74, 6) is -0.566. The van der Waals surface area contributed by atoms with Crippen LogP contribution in [0, 0.1) is 11.3 Å². The molecule has 1 fully saturated rings. The molecule has 0 radical (unpaired) electrons. The van der Waals surface area contributed by atoms with Crippen LogP contribution in [-0.2, 0) is 14.3 Å². The summed E-state index contributed by atoms with van der Waals surface area (Å²) in [5, 5.41) is 5.73. The molecule has 1 aromatic carbocycles. The number of carbonyl (C=O) groups is 3. The summed E-state index contributed by atoms with van der Waals surface area (Å²) in [6, 6.07) is 6.67. The minimum atomic E-state index is -0.589. The lowest BCUT2D eigenvalue weighted by atomic mass is 9.86. The molecular formula is C21H30N2O4. The van der Waals surface area contributed by atoms with Crippen LogP contribution >= 0.6 is 0 Å². The van der Waals surface area contributed by atoms with Crippen LogP contribution in [0.3, 0.4) is 0 Å². The van der Waals surface area contributed by atoms with Gasteiger partial charge in [0, 0.05) is 17.1 Å². The number of rotatable bonds is 5. The van der Waals surface area contributed by atoms with E-state index in [4.69, 9.17) is 4.74 Å². The van der Waals surface area contributed by atoms with Gasteiger partial charge in [-0.3, -0.25) is 9.59 Å². The first kappa shape index (κ1) is 20.9.